The summed E-state index contributed by atoms with van der Waals surface area (Å²) in [6.07, 6.45) is 0.582. The first-order valence-corrected chi connectivity index (χ1v) is 8.98. The molecule has 150 valence electrons. The molecule has 0 aliphatic heterocycles. The lowest BCUT2D eigenvalue weighted by atomic mass is 10.2. The van der Waals surface area contributed by atoms with Crippen molar-refractivity contribution in [1.29, 1.82) is 0 Å². The van der Waals surface area contributed by atoms with Gasteiger partial charge in [0, 0.05) is 17.8 Å². The molecule has 0 heterocycles. The van der Waals surface area contributed by atoms with Gasteiger partial charge in [-0.3, -0.25) is 5.32 Å². The van der Waals surface area contributed by atoms with Gasteiger partial charge in [-0.1, -0.05) is 13.8 Å². The highest BCUT2D eigenvalue weighted by atomic mass is 16.5. The standard InChI is InChI=1S/C20H25N3O5/c1-4-13(5-2)21-19(24)23-17-11-10-16(12-18(17)27-3)28-15-8-6-14(7-9-15)22-20(25)26/h6-13,22H,4-5H2,1-3H3,(H,25,26)(H2,21,23,24). The van der Waals surface area contributed by atoms with Crippen LogP contribution in [0.5, 0.6) is 17.2 Å². The Bertz CT molecular complexity index is 804. The van der Waals surface area contributed by atoms with Gasteiger partial charge in [-0.15, -0.1) is 0 Å². The third kappa shape index (κ3) is 6.08. The molecule has 0 aliphatic carbocycles. The van der Waals surface area contributed by atoms with Gasteiger partial charge in [0.1, 0.15) is 17.2 Å². The number of carboxylic acid groups (broad SMARTS) is 1. The largest absolute Gasteiger partial charge is 0.494 e. The molecule has 0 aliphatic rings. The lowest BCUT2D eigenvalue weighted by Gasteiger charge is -2.17. The summed E-state index contributed by atoms with van der Waals surface area (Å²) in [6.45, 7) is 4.04. The second kappa shape index (κ2) is 10.1. The fourth-order valence-corrected chi connectivity index (χ4v) is 2.54. The van der Waals surface area contributed by atoms with E-state index in [1.165, 1.54) is 7.11 Å². The predicted octanol–water partition coefficient (Wildman–Crippen LogP) is 4.89. The molecule has 0 saturated carbocycles. The lowest BCUT2D eigenvalue weighted by molar-refractivity contribution is 0.209. The van der Waals surface area contributed by atoms with E-state index in [-0.39, 0.29) is 12.1 Å². The number of hydrogen-bond acceptors (Lipinski definition) is 4. The fraction of sp³-hybridized carbons (Fsp3) is 0.300. The summed E-state index contributed by atoms with van der Waals surface area (Å²) in [6, 6.07) is 11.4. The van der Waals surface area contributed by atoms with Gasteiger partial charge in [0.2, 0.25) is 0 Å². The molecule has 0 radical (unpaired) electrons. The van der Waals surface area contributed by atoms with Crippen molar-refractivity contribution in [2.45, 2.75) is 32.7 Å². The molecule has 0 unspecified atom stereocenters. The molecule has 0 bridgehead atoms. The van der Waals surface area contributed by atoms with Crippen molar-refractivity contribution in [3.63, 3.8) is 0 Å². The maximum absolute atomic E-state index is 12.1. The zero-order chi connectivity index (χ0) is 20.5. The normalized spacial score (nSPS) is 10.3. The quantitative estimate of drug-likeness (QED) is 0.516. The number of methoxy groups -OCH3 is 1. The molecule has 2 rings (SSSR count). The summed E-state index contributed by atoms with van der Waals surface area (Å²) in [7, 11) is 1.51. The predicted molar refractivity (Wildman–Crippen MR) is 108 cm³/mol. The number of urea groups is 1. The Labute approximate surface area is 163 Å². The van der Waals surface area contributed by atoms with E-state index in [9.17, 15) is 9.59 Å². The van der Waals surface area contributed by atoms with E-state index in [2.05, 4.69) is 16.0 Å². The van der Waals surface area contributed by atoms with Crippen molar-refractivity contribution < 1.29 is 24.2 Å². The van der Waals surface area contributed by atoms with Crippen LogP contribution in [-0.2, 0) is 0 Å². The zero-order valence-electron chi connectivity index (χ0n) is 16.1. The monoisotopic (exact) mass is 387 g/mol. The minimum Gasteiger partial charge on any atom is -0.494 e. The van der Waals surface area contributed by atoms with Gasteiger partial charge < -0.3 is 25.2 Å². The van der Waals surface area contributed by atoms with Crippen LogP contribution in [-0.4, -0.2) is 30.4 Å². The second-order valence-corrected chi connectivity index (χ2v) is 6.03. The van der Waals surface area contributed by atoms with Crippen molar-refractivity contribution >= 4 is 23.5 Å². The Hall–Kier alpha value is -3.42. The Balaban J connectivity index is 2.05. The Morgan fingerprint density at radius 2 is 1.64 bits per heavy atom. The van der Waals surface area contributed by atoms with Crippen LogP contribution in [0.25, 0.3) is 0 Å². The smallest absolute Gasteiger partial charge is 0.409 e. The molecule has 8 heteroatoms. The van der Waals surface area contributed by atoms with Crippen molar-refractivity contribution in [1.82, 2.24) is 5.32 Å². The van der Waals surface area contributed by atoms with E-state index in [0.717, 1.165) is 12.8 Å². The average molecular weight is 387 g/mol. The number of anilines is 2. The molecule has 0 spiro atoms. The molecule has 3 amide bonds. The van der Waals surface area contributed by atoms with Gasteiger partial charge in [-0.05, 0) is 49.2 Å². The lowest BCUT2D eigenvalue weighted by Crippen LogP contribution is -2.37. The number of nitrogens with one attached hydrogen (secondary N) is 3. The van der Waals surface area contributed by atoms with E-state index < -0.39 is 6.09 Å². The maximum atomic E-state index is 12.1. The first-order chi connectivity index (χ1) is 13.4. The third-order valence-electron chi connectivity index (χ3n) is 4.08. The highest BCUT2D eigenvalue weighted by Crippen LogP contribution is 2.32. The van der Waals surface area contributed by atoms with Crippen LogP contribution in [0.2, 0.25) is 0 Å². The van der Waals surface area contributed by atoms with Crippen molar-refractivity contribution in [3.05, 3.63) is 42.5 Å². The highest BCUT2D eigenvalue weighted by molar-refractivity contribution is 5.91. The van der Waals surface area contributed by atoms with E-state index in [1.807, 2.05) is 13.8 Å². The van der Waals surface area contributed by atoms with Gasteiger partial charge in [0.05, 0.1) is 12.8 Å². The van der Waals surface area contributed by atoms with Crippen molar-refractivity contribution in [3.8, 4) is 17.2 Å². The fourth-order valence-electron chi connectivity index (χ4n) is 2.54. The topological polar surface area (TPSA) is 109 Å². The molecule has 2 aromatic carbocycles. The van der Waals surface area contributed by atoms with Crippen molar-refractivity contribution in [2.75, 3.05) is 17.7 Å². The summed E-state index contributed by atoms with van der Waals surface area (Å²) < 4.78 is 11.1. The summed E-state index contributed by atoms with van der Waals surface area (Å²) in [4.78, 5) is 22.8. The van der Waals surface area contributed by atoms with Crippen LogP contribution in [0, 0.1) is 0 Å². The molecule has 8 nitrogen and oxygen atoms in total. The van der Waals surface area contributed by atoms with Crippen LogP contribution in [0.1, 0.15) is 26.7 Å². The molecule has 4 N–H and O–H groups in total. The summed E-state index contributed by atoms with van der Waals surface area (Å²) in [5, 5.41) is 16.6. The minimum atomic E-state index is -1.13. The molecular weight excluding hydrogens is 362 g/mol. The molecule has 0 fully saturated rings. The molecule has 28 heavy (non-hydrogen) atoms. The number of hydrogen-bond donors (Lipinski definition) is 4. The van der Waals surface area contributed by atoms with Crippen molar-refractivity contribution in [2.24, 2.45) is 0 Å². The maximum Gasteiger partial charge on any atom is 0.409 e. The van der Waals surface area contributed by atoms with E-state index in [1.54, 1.807) is 42.5 Å². The third-order valence-corrected chi connectivity index (χ3v) is 4.08. The highest BCUT2D eigenvalue weighted by Gasteiger charge is 2.12. The first-order valence-electron chi connectivity index (χ1n) is 8.98. The van der Waals surface area contributed by atoms with Crippen LogP contribution in [0.15, 0.2) is 42.5 Å². The summed E-state index contributed by atoms with van der Waals surface area (Å²) in [5.41, 5.74) is 0.972. The number of amides is 3. The van der Waals surface area contributed by atoms with Gasteiger partial charge in [0.25, 0.3) is 0 Å². The van der Waals surface area contributed by atoms with Gasteiger partial charge in [-0.25, -0.2) is 9.59 Å². The van der Waals surface area contributed by atoms with Gasteiger partial charge in [-0.2, -0.15) is 0 Å². The van der Waals surface area contributed by atoms with Crippen LogP contribution in [0.4, 0.5) is 21.0 Å². The second-order valence-electron chi connectivity index (χ2n) is 6.03. The SMILES string of the molecule is CCC(CC)NC(=O)Nc1ccc(Oc2ccc(NC(=O)O)cc2)cc1OC. The number of carbonyl (C=O) groups is 2. The van der Waals surface area contributed by atoms with Gasteiger partial charge >= 0.3 is 12.1 Å². The molecule has 0 saturated heterocycles. The van der Waals surface area contributed by atoms with E-state index >= 15 is 0 Å². The molecular formula is C20H25N3O5. The molecule has 0 atom stereocenters. The minimum absolute atomic E-state index is 0.118. The van der Waals surface area contributed by atoms with Gasteiger partial charge in [0.15, 0.2) is 0 Å². The Morgan fingerprint density at radius 1 is 1.00 bits per heavy atom. The number of rotatable bonds is 8. The number of carbonyl (C=O) groups excluding carboxylic acids is 1. The van der Waals surface area contributed by atoms with Crippen LogP contribution in [0.3, 0.4) is 0 Å². The van der Waals surface area contributed by atoms with E-state index in [0.29, 0.717) is 28.6 Å². The first kappa shape index (κ1) is 20.9. The molecule has 2 aromatic rings. The summed E-state index contributed by atoms with van der Waals surface area (Å²) in [5.74, 6) is 1.51. The zero-order valence-corrected chi connectivity index (χ0v) is 16.1. The number of benzene rings is 2. The molecule has 0 aromatic heterocycles. The van der Waals surface area contributed by atoms with Crippen LogP contribution < -0.4 is 25.4 Å². The number of ether oxygens (including phenoxy) is 2. The van der Waals surface area contributed by atoms with E-state index in [4.69, 9.17) is 14.6 Å². The average Bonchev–Trinajstić information content (AvgIpc) is 2.68. The Morgan fingerprint density at radius 3 is 2.21 bits per heavy atom. The summed E-state index contributed by atoms with van der Waals surface area (Å²) >= 11 is 0. The van der Waals surface area contributed by atoms with Crippen LogP contribution >= 0.6 is 0 Å². The Kier molecular flexibility index (Phi) is 7.50.